The average molecular weight is 335 g/mol. The van der Waals surface area contributed by atoms with Gasteiger partial charge in [0.1, 0.15) is 0 Å². The summed E-state index contributed by atoms with van der Waals surface area (Å²) >= 11 is 0. The Bertz CT molecular complexity index is 414. The van der Waals surface area contributed by atoms with Gasteiger partial charge >= 0.3 is 0 Å². The van der Waals surface area contributed by atoms with Gasteiger partial charge in [-0.2, -0.15) is 0 Å². The van der Waals surface area contributed by atoms with Crippen molar-refractivity contribution in [3.63, 3.8) is 0 Å². The molecule has 0 saturated heterocycles. The number of hydrogen-bond acceptors (Lipinski definition) is 6. The van der Waals surface area contributed by atoms with Crippen LogP contribution in [0.5, 0.6) is 0 Å². The molecule has 120 valence electrons. The van der Waals surface area contributed by atoms with Gasteiger partial charge in [-0.25, -0.2) is 0 Å². The minimum Gasteiger partial charge on any atom is -0.319 e. The fourth-order valence-electron chi connectivity index (χ4n) is 1.26. The Morgan fingerprint density at radius 2 is 1.29 bits per heavy atom. The van der Waals surface area contributed by atoms with Gasteiger partial charge in [-0.3, -0.25) is 23.3 Å². The Labute approximate surface area is 129 Å². The van der Waals surface area contributed by atoms with E-state index in [0.717, 1.165) is 0 Å². The third-order valence-corrected chi connectivity index (χ3v) is 4.94. The summed E-state index contributed by atoms with van der Waals surface area (Å²) in [4.78, 5) is 23.3. The summed E-state index contributed by atoms with van der Waals surface area (Å²) in [6, 6.07) is -2.17. The highest BCUT2D eigenvalue weighted by molar-refractivity contribution is 7.85. The zero-order valence-corrected chi connectivity index (χ0v) is 13.3. The summed E-state index contributed by atoms with van der Waals surface area (Å²) < 4.78 is 22.8. The van der Waals surface area contributed by atoms with E-state index >= 15 is 0 Å². The molecule has 21 heavy (non-hydrogen) atoms. The molecule has 0 rings (SSSR count). The fourth-order valence-corrected chi connectivity index (χ4v) is 3.16. The van der Waals surface area contributed by atoms with Crippen molar-refractivity contribution in [1.82, 2.24) is 5.32 Å². The molecule has 2 amide bonds. The van der Waals surface area contributed by atoms with E-state index in [2.05, 4.69) is 13.2 Å². The molecule has 9 heteroatoms. The van der Waals surface area contributed by atoms with Gasteiger partial charge in [-0.15, -0.1) is 13.2 Å². The third kappa shape index (κ3) is 8.66. The van der Waals surface area contributed by atoms with Crippen molar-refractivity contribution in [2.24, 2.45) is 11.5 Å². The molecule has 0 radical (unpaired) electrons. The third-order valence-electron chi connectivity index (χ3n) is 2.26. The molecule has 0 aliphatic rings. The summed E-state index contributed by atoms with van der Waals surface area (Å²) in [5.41, 5.74) is 11.1. The number of carbonyl (C=O) groups excluding carboxylic acids is 2. The zero-order chi connectivity index (χ0) is 16.4. The van der Waals surface area contributed by atoms with Crippen LogP contribution in [0.3, 0.4) is 0 Å². The first-order valence-electron chi connectivity index (χ1n) is 6.09. The van der Waals surface area contributed by atoms with E-state index in [9.17, 15) is 18.0 Å². The summed E-state index contributed by atoms with van der Waals surface area (Å²) in [5, 5.41) is 2.03. The Kier molecular flexibility index (Phi) is 9.97. The molecule has 5 N–H and O–H groups in total. The molecule has 0 aromatic carbocycles. The van der Waals surface area contributed by atoms with E-state index in [1.165, 1.54) is 12.2 Å². The van der Waals surface area contributed by atoms with Gasteiger partial charge < -0.3 is 11.5 Å². The number of amides is 2. The van der Waals surface area contributed by atoms with Crippen LogP contribution in [0.15, 0.2) is 25.3 Å². The van der Waals surface area contributed by atoms with Crippen molar-refractivity contribution in [3.05, 3.63) is 25.3 Å². The molecule has 0 aliphatic carbocycles. The molecular weight excluding hydrogens is 314 g/mol. The van der Waals surface area contributed by atoms with Crippen LogP contribution in [0.2, 0.25) is 0 Å². The van der Waals surface area contributed by atoms with E-state index in [0.29, 0.717) is 0 Å². The van der Waals surface area contributed by atoms with E-state index in [1.54, 1.807) is 0 Å². The van der Waals surface area contributed by atoms with Gasteiger partial charge in [0, 0.05) is 44.6 Å². The maximum absolute atomic E-state index is 11.6. The first-order chi connectivity index (χ1) is 9.81. The van der Waals surface area contributed by atoms with Gasteiger partial charge in [0.2, 0.25) is 11.8 Å². The Balaban J connectivity index is 4.32. The molecule has 0 aromatic rings. The normalized spacial score (nSPS) is 16.3. The summed E-state index contributed by atoms with van der Waals surface area (Å²) in [5.74, 6) is -1.25. The number of hydrogen-bond donors (Lipinski definition) is 3. The molecule has 4 atom stereocenters. The highest BCUT2D eigenvalue weighted by atomic mass is 32.2. The first kappa shape index (κ1) is 19.8. The van der Waals surface area contributed by atoms with Crippen LogP contribution < -0.4 is 16.8 Å². The van der Waals surface area contributed by atoms with Crippen LogP contribution in [-0.2, 0) is 31.2 Å². The molecule has 0 aliphatic heterocycles. The van der Waals surface area contributed by atoms with Crippen LogP contribution in [0.25, 0.3) is 0 Å². The van der Waals surface area contributed by atoms with Crippen molar-refractivity contribution in [1.29, 1.82) is 0 Å². The molecular formula is C12H21N3O4S2. The molecule has 0 bridgehead atoms. The molecule has 0 heterocycles. The van der Waals surface area contributed by atoms with Gasteiger partial charge in [0.15, 0.2) is 0 Å². The van der Waals surface area contributed by atoms with Crippen LogP contribution in [0, 0.1) is 0 Å². The van der Waals surface area contributed by atoms with Crippen LogP contribution in [-0.4, -0.2) is 55.3 Å². The van der Waals surface area contributed by atoms with Gasteiger partial charge in [0.05, 0.1) is 12.1 Å². The lowest BCUT2D eigenvalue weighted by molar-refractivity contribution is -0.131. The largest absolute Gasteiger partial charge is 0.319 e. The highest BCUT2D eigenvalue weighted by Gasteiger charge is 2.22. The van der Waals surface area contributed by atoms with Crippen LogP contribution >= 0.6 is 0 Å². The second-order valence-corrected chi connectivity index (χ2v) is 7.28. The molecule has 7 nitrogen and oxygen atoms in total. The minimum atomic E-state index is -1.31. The fraction of sp³-hybridized carbons (Fsp3) is 0.500. The number of carbonyl (C=O) groups is 2. The minimum absolute atomic E-state index is 0.0806. The zero-order valence-electron chi connectivity index (χ0n) is 11.7. The van der Waals surface area contributed by atoms with E-state index in [-0.39, 0.29) is 23.0 Å². The average Bonchev–Trinajstić information content (AvgIpc) is 2.38. The van der Waals surface area contributed by atoms with Crippen molar-refractivity contribution >= 4 is 33.4 Å². The molecule has 0 spiro atoms. The van der Waals surface area contributed by atoms with E-state index in [1.807, 2.05) is 5.32 Å². The predicted octanol–water partition coefficient (Wildman–Crippen LogP) is -1.85. The molecule has 0 fully saturated rings. The topological polar surface area (TPSA) is 132 Å². The standard InChI is InChI=1S/C12H21N3O4S2/c1-3-5-20(18)7-9(13)11(16)15-12(17)10(14)8-21(19)6-4-2/h3-4,9-10H,1-2,5-8,13-14H2,(H,15,16,17)/t9-,10-,20?,21?/m0/s1. The number of nitrogens with one attached hydrogen (secondary N) is 1. The lowest BCUT2D eigenvalue weighted by atomic mass is 10.3. The van der Waals surface area contributed by atoms with Gasteiger partial charge in [-0.05, 0) is 0 Å². The van der Waals surface area contributed by atoms with Crippen LogP contribution in [0.4, 0.5) is 0 Å². The van der Waals surface area contributed by atoms with E-state index in [4.69, 9.17) is 11.5 Å². The summed E-state index contributed by atoms with van der Waals surface area (Å²) in [6.45, 7) is 6.85. The molecule has 0 aromatic heterocycles. The monoisotopic (exact) mass is 335 g/mol. The molecule has 2 unspecified atom stereocenters. The quantitative estimate of drug-likeness (QED) is 0.402. The van der Waals surface area contributed by atoms with E-state index < -0.39 is 45.5 Å². The maximum atomic E-state index is 11.6. The lowest BCUT2D eigenvalue weighted by Gasteiger charge is -2.14. The van der Waals surface area contributed by atoms with Crippen molar-refractivity contribution < 1.29 is 18.0 Å². The first-order valence-corrected chi connectivity index (χ1v) is 9.07. The highest BCUT2D eigenvalue weighted by Crippen LogP contribution is 1.92. The van der Waals surface area contributed by atoms with Gasteiger partial charge in [0.25, 0.3) is 0 Å². The van der Waals surface area contributed by atoms with Crippen molar-refractivity contribution in [2.75, 3.05) is 23.0 Å². The number of imide groups is 1. The SMILES string of the molecule is C=CCS(=O)C[C@H](N)C(=O)NC(=O)[C@@H](N)CS(=O)CC=C. The number of nitrogens with two attached hydrogens (primary N) is 2. The van der Waals surface area contributed by atoms with Gasteiger partial charge in [-0.1, -0.05) is 12.2 Å². The van der Waals surface area contributed by atoms with Crippen molar-refractivity contribution in [2.45, 2.75) is 12.1 Å². The summed E-state index contributed by atoms with van der Waals surface area (Å²) in [7, 11) is -2.63. The predicted molar refractivity (Wildman–Crippen MR) is 85.2 cm³/mol. The van der Waals surface area contributed by atoms with Crippen LogP contribution in [0.1, 0.15) is 0 Å². The Hall–Kier alpha value is -1.16. The smallest absolute Gasteiger partial charge is 0.244 e. The second-order valence-electron chi connectivity index (χ2n) is 4.19. The summed E-state index contributed by atoms with van der Waals surface area (Å²) in [6.07, 6.45) is 2.91. The second kappa shape index (κ2) is 10.6. The Morgan fingerprint density at radius 1 is 0.952 bits per heavy atom. The van der Waals surface area contributed by atoms with Crippen molar-refractivity contribution in [3.8, 4) is 0 Å². The number of rotatable bonds is 10. The molecule has 0 saturated carbocycles. The lowest BCUT2D eigenvalue weighted by Crippen LogP contribution is -2.52. The Morgan fingerprint density at radius 3 is 1.57 bits per heavy atom. The maximum Gasteiger partial charge on any atom is 0.244 e.